The number of aryl methyl sites for hydroxylation is 1. The third-order valence-electron chi connectivity index (χ3n) is 4.31. The molecule has 0 aliphatic carbocycles. The van der Waals surface area contributed by atoms with Crippen LogP contribution in [0.25, 0.3) is 0 Å². The van der Waals surface area contributed by atoms with Crippen molar-refractivity contribution in [1.29, 1.82) is 0 Å². The zero-order valence-electron chi connectivity index (χ0n) is 13.5. The van der Waals surface area contributed by atoms with E-state index in [0.29, 0.717) is 16.3 Å². The van der Waals surface area contributed by atoms with Crippen molar-refractivity contribution in [2.24, 2.45) is 5.10 Å². The number of rotatable bonds is 2. The molecule has 1 spiro atoms. The van der Waals surface area contributed by atoms with Crippen LogP contribution in [0.3, 0.4) is 0 Å². The lowest BCUT2D eigenvalue weighted by Gasteiger charge is -2.20. The van der Waals surface area contributed by atoms with Gasteiger partial charge in [-0.2, -0.15) is 18.3 Å². The summed E-state index contributed by atoms with van der Waals surface area (Å²) in [6.45, 7) is 2.02. The maximum absolute atomic E-state index is 12.7. The summed E-state index contributed by atoms with van der Waals surface area (Å²) in [7, 11) is 0. The lowest BCUT2D eigenvalue weighted by atomic mass is 10.0. The number of fused-ring (bicyclic) bond motifs is 2. The molecule has 0 saturated carbocycles. The molecule has 1 aromatic carbocycles. The number of aromatic nitrogens is 1. The molecule has 0 fully saturated rings. The SMILES string of the molecule is CCc1ccc2c(c1)C1(NN=C(c3ccc(C(F)(F)F)nc3)S1)C(=O)N2. The van der Waals surface area contributed by atoms with Crippen molar-refractivity contribution in [2.45, 2.75) is 24.4 Å². The molecule has 2 N–H and O–H groups in total. The van der Waals surface area contributed by atoms with E-state index in [-0.39, 0.29) is 5.91 Å². The van der Waals surface area contributed by atoms with Gasteiger partial charge in [0.2, 0.25) is 4.87 Å². The lowest BCUT2D eigenvalue weighted by Crippen LogP contribution is -2.39. The zero-order chi connectivity index (χ0) is 18.5. The first-order chi connectivity index (χ1) is 12.3. The van der Waals surface area contributed by atoms with Crippen molar-refractivity contribution >= 4 is 28.4 Å². The number of carbonyl (C=O) groups excluding carboxylic acids is 1. The molecule has 134 valence electrons. The van der Waals surface area contributed by atoms with E-state index in [2.05, 4.69) is 20.8 Å². The van der Waals surface area contributed by atoms with Crippen LogP contribution >= 0.6 is 11.8 Å². The summed E-state index contributed by atoms with van der Waals surface area (Å²) in [6.07, 6.45) is -2.56. The van der Waals surface area contributed by atoms with Crippen molar-refractivity contribution < 1.29 is 18.0 Å². The molecule has 1 atom stereocenters. The normalized spacial score (nSPS) is 21.4. The van der Waals surface area contributed by atoms with E-state index in [1.54, 1.807) is 0 Å². The molecule has 9 heteroatoms. The second-order valence-electron chi connectivity index (χ2n) is 5.93. The Morgan fingerprint density at radius 3 is 2.69 bits per heavy atom. The first-order valence-corrected chi connectivity index (χ1v) is 8.67. The van der Waals surface area contributed by atoms with Gasteiger partial charge in [0.05, 0.1) is 0 Å². The Labute approximate surface area is 151 Å². The zero-order valence-corrected chi connectivity index (χ0v) is 14.3. The first-order valence-electron chi connectivity index (χ1n) is 7.86. The molecule has 4 rings (SSSR count). The smallest absolute Gasteiger partial charge is 0.323 e. The minimum atomic E-state index is -4.50. The summed E-state index contributed by atoms with van der Waals surface area (Å²) in [6, 6.07) is 7.94. The Bertz CT molecular complexity index is 927. The fourth-order valence-corrected chi connectivity index (χ4v) is 4.02. The molecule has 1 aromatic heterocycles. The summed E-state index contributed by atoms with van der Waals surface area (Å²) in [5.74, 6) is -0.260. The summed E-state index contributed by atoms with van der Waals surface area (Å²) in [4.78, 5) is 14.9. The number of nitrogens with zero attached hydrogens (tertiary/aromatic N) is 2. The number of pyridine rings is 1. The number of benzene rings is 1. The Morgan fingerprint density at radius 1 is 1.23 bits per heavy atom. The molecule has 2 aliphatic rings. The molecule has 1 amide bonds. The Morgan fingerprint density at radius 2 is 2.04 bits per heavy atom. The number of nitrogens with one attached hydrogen (secondary N) is 2. The molecular weight excluding hydrogens is 365 g/mol. The molecule has 5 nitrogen and oxygen atoms in total. The van der Waals surface area contributed by atoms with Crippen LogP contribution in [0.15, 0.2) is 41.6 Å². The van der Waals surface area contributed by atoms with Gasteiger partial charge in [-0.05, 0) is 36.2 Å². The van der Waals surface area contributed by atoms with E-state index in [1.165, 1.54) is 6.07 Å². The number of anilines is 1. The van der Waals surface area contributed by atoms with Crippen LogP contribution < -0.4 is 10.7 Å². The first kappa shape index (κ1) is 16.9. The van der Waals surface area contributed by atoms with Gasteiger partial charge in [0.25, 0.3) is 5.91 Å². The number of carbonyl (C=O) groups is 1. The Balaban J connectivity index is 1.65. The molecule has 1 unspecified atom stereocenters. The van der Waals surface area contributed by atoms with Crippen LogP contribution in [-0.2, 0) is 22.3 Å². The van der Waals surface area contributed by atoms with Gasteiger partial charge in [0, 0.05) is 23.0 Å². The average Bonchev–Trinajstić information content (AvgIpc) is 3.18. The minimum absolute atomic E-state index is 0.260. The van der Waals surface area contributed by atoms with Crippen LogP contribution in [0.4, 0.5) is 18.9 Å². The summed E-state index contributed by atoms with van der Waals surface area (Å²) in [5.41, 5.74) is 4.87. The van der Waals surface area contributed by atoms with E-state index in [1.807, 2.05) is 25.1 Å². The van der Waals surface area contributed by atoms with E-state index in [4.69, 9.17) is 0 Å². The van der Waals surface area contributed by atoms with Crippen molar-refractivity contribution in [1.82, 2.24) is 10.4 Å². The fourth-order valence-electron chi connectivity index (χ4n) is 2.89. The second-order valence-corrected chi connectivity index (χ2v) is 7.13. The minimum Gasteiger partial charge on any atom is -0.323 e. The molecule has 3 heterocycles. The molecule has 0 bridgehead atoms. The predicted molar refractivity (Wildman–Crippen MR) is 92.6 cm³/mol. The molecule has 2 aromatic rings. The highest BCUT2D eigenvalue weighted by atomic mass is 32.2. The van der Waals surface area contributed by atoms with Crippen LogP contribution in [0.1, 0.15) is 29.3 Å². The summed E-state index contributed by atoms with van der Waals surface area (Å²) < 4.78 is 38.0. The highest BCUT2D eigenvalue weighted by Crippen LogP contribution is 2.48. The van der Waals surface area contributed by atoms with Crippen molar-refractivity contribution in [2.75, 3.05) is 5.32 Å². The topological polar surface area (TPSA) is 66.4 Å². The number of halogens is 3. The quantitative estimate of drug-likeness (QED) is 0.840. The van der Waals surface area contributed by atoms with Crippen LogP contribution in [-0.4, -0.2) is 15.9 Å². The third kappa shape index (κ3) is 2.54. The molecule has 0 saturated heterocycles. The van der Waals surface area contributed by atoms with Gasteiger partial charge in [-0.3, -0.25) is 15.2 Å². The number of alkyl halides is 3. The van der Waals surface area contributed by atoms with Crippen molar-refractivity contribution in [3.8, 4) is 0 Å². The van der Waals surface area contributed by atoms with Crippen molar-refractivity contribution in [3.05, 3.63) is 58.9 Å². The van der Waals surface area contributed by atoms with Gasteiger partial charge in [0.1, 0.15) is 10.7 Å². The monoisotopic (exact) mass is 378 g/mol. The van der Waals surface area contributed by atoms with Crippen LogP contribution in [0.2, 0.25) is 0 Å². The van der Waals surface area contributed by atoms with E-state index in [9.17, 15) is 18.0 Å². The second kappa shape index (κ2) is 5.73. The third-order valence-corrected chi connectivity index (χ3v) is 5.63. The number of hydrogen-bond donors (Lipinski definition) is 2. The molecule has 0 radical (unpaired) electrons. The van der Waals surface area contributed by atoms with Gasteiger partial charge in [-0.25, -0.2) is 0 Å². The number of hydrazone groups is 1. The standard InChI is InChI=1S/C17H13F3N4OS/c1-2-9-3-5-12-11(7-9)16(15(25)22-12)24-23-14(26-16)10-4-6-13(21-8-10)17(18,19)20/h3-8,24H,2H2,1H3,(H,22,25). The highest BCUT2D eigenvalue weighted by Gasteiger charge is 2.52. The fraction of sp³-hybridized carbons (Fsp3) is 0.235. The summed E-state index contributed by atoms with van der Waals surface area (Å²) >= 11 is 1.16. The summed E-state index contributed by atoms with van der Waals surface area (Å²) in [5, 5.41) is 7.42. The lowest BCUT2D eigenvalue weighted by molar-refractivity contribution is -0.141. The Kier molecular flexibility index (Phi) is 3.72. The highest BCUT2D eigenvalue weighted by molar-refractivity contribution is 8.16. The average molecular weight is 378 g/mol. The maximum atomic E-state index is 12.7. The van der Waals surface area contributed by atoms with Crippen LogP contribution in [0.5, 0.6) is 0 Å². The van der Waals surface area contributed by atoms with Crippen molar-refractivity contribution in [3.63, 3.8) is 0 Å². The predicted octanol–water partition coefficient (Wildman–Crippen LogP) is 3.47. The van der Waals surface area contributed by atoms with E-state index in [0.717, 1.165) is 41.6 Å². The number of amides is 1. The van der Waals surface area contributed by atoms with Gasteiger partial charge in [-0.15, -0.1) is 0 Å². The Hall–Kier alpha value is -2.55. The molecular formula is C17H13F3N4OS. The number of hydrogen-bond acceptors (Lipinski definition) is 5. The van der Waals surface area contributed by atoms with E-state index >= 15 is 0 Å². The largest absolute Gasteiger partial charge is 0.433 e. The van der Waals surface area contributed by atoms with Crippen LogP contribution in [0, 0.1) is 0 Å². The van der Waals surface area contributed by atoms with Gasteiger partial charge in [0.15, 0.2) is 0 Å². The maximum Gasteiger partial charge on any atom is 0.433 e. The van der Waals surface area contributed by atoms with Gasteiger partial charge < -0.3 is 5.32 Å². The molecule has 26 heavy (non-hydrogen) atoms. The van der Waals surface area contributed by atoms with Gasteiger partial charge >= 0.3 is 6.18 Å². The van der Waals surface area contributed by atoms with E-state index < -0.39 is 16.7 Å². The van der Waals surface area contributed by atoms with Gasteiger partial charge in [-0.1, -0.05) is 24.8 Å². The molecule has 2 aliphatic heterocycles. The number of thioether (sulfide) groups is 1.